The van der Waals surface area contributed by atoms with E-state index < -0.39 is 15.6 Å². The molecule has 3 aromatic rings. The van der Waals surface area contributed by atoms with Gasteiger partial charge in [0.25, 0.3) is 0 Å². The first-order chi connectivity index (χ1) is 20.6. The molecule has 0 amide bonds. The summed E-state index contributed by atoms with van der Waals surface area (Å²) < 4.78 is 63.3. The molecule has 0 saturated carbocycles. The maximum absolute atomic E-state index is 13.0. The van der Waals surface area contributed by atoms with Crippen LogP contribution in [-0.4, -0.2) is 69.0 Å². The molecule has 1 heterocycles. The summed E-state index contributed by atoms with van der Waals surface area (Å²) in [5, 5.41) is 4.01. The number of aromatic nitrogens is 1. The maximum atomic E-state index is 13.0. The average Bonchev–Trinajstić information content (AvgIpc) is 3.02. The number of hydrogen-bond donors (Lipinski definition) is 1. The molecule has 0 aliphatic heterocycles. The predicted molar refractivity (Wildman–Crippen MR) is 162 cm³/mol. The Hall–Kier alpha value is -4.91. The minimum absolute atomic E-state index is 0.195. The van der Waals surface area contributed by atoms with E-state index in [1.54, 1.807) is 30.3 Å². The molecule has 0 saturated heterocycles. The fourth-order valence-corrected chi connectivity index (χ4v) is 5.09. The third-order valence-corrected chi connectivity index (χ3v) is 7.39. The molecule has 43 heavy (non-hydrogen) atoms. The number of rotatable bonds is 15. The van der Waals surface area contributed by atoms with Gasteiger partial charge in [-0.05, 0) is 17.7 Å². The van der Waals surface area contributed by atoms with Crippen molar-refractivity contribution >= 4 is 27.4 Å². The van der Waals surface area contributed by atoms with Crippen molar-refractivity contribution in [1.29, 1.82) is 0 Å². The lowest BCUT2D eigenvalue weighted by molar-refractivity contribution is 0.104. The topological polar surface area (TPSA) is 141 Å². The molecule has 1 aromatic heterocycles. The van der Waals surface area contributed by atoms with Gasteiger partial charge in [-0.3, -0.25) is 4.79 Å². The highest BCUT2D eigenvalue weighted by Gasteiger charge is 2.19. The minimum atomic E-state index is -3.77. The predicted octanol–water partition coefficient (Wildman–Crippen LogP) is 4.54. The molecule has 0 aliphatic rings. The molecule has 1 N–H and O–H groups in total. The number of carbonyl (C=O) groups excluding carboxylic acids is 1. The number of ketones is 1. The highest BCUT2D eigenvalue weighted by Crippen LogP contribution is 2.36. The monoisotopic (exact) mass is 614 g/mol. The van der Waals surface area contributed by atoms with E-state index in [0.717, 1.165) is 5.41 Å². The van der Waals surface area contributed by atoms with Crippen LogP contribution in [0.1, 0.15) is 21.5 Å². The second-order valence-electron chi connectivity index (χ2n) is 8.70. The zero-order valence-electron chi connectivity index (χ0n) is 24.9. The standard InChI is InChI=1S/C30H34N2O10S/c1-36-20-13-25(38-3)22(26(14-20)39-4)9-11-43(34,35)18-19-12-23(30(42-7)32-17-19)31-10-8-24(33)29-27(40-5)15-21(37-2)16-28(29)41-6/h8-17,31H,18H2,1-7H3. The molecule has 0 bridgehead atoms. The van der Waals surface area contributed by atoms with Crippen LogP contribution in [0.2, 0.25) is 0 Å². The Bertz CT molecular complexity index is 1570. The highest BCUT2D eigenvalue weighted by molar-refractivity contribution is 7.93. The fraction of sp³-hybridized carbons (Fsp3) is 0.267. The van der Waals surface area contributed by atoms with Crippen LogP contribution in [0.5, 0.6) is 40.4 Å². The first kappa shape index (κ1) is 32.6. The molecule has 3 rings (SSSR count). The fourth-order valence-electron chi connectivity index (χ4n) is 4.03. The Balaban J connectivity index is 1.83. The van der Waals surface area contributed by atoms with Crippen molar-refractivity contribution in [1.82, 2.24) is 4.98 Å². The molecule has 0 spiro atoms. The van der Waals surface area contributed by atoms with Gasteiger partial charge in [0, 0.05) is 48.1 Å². The smallest absolute Gasteiger partial charge is 0.237 e. The van der Waals surface area contributed by atoms with Crippen LogP contribution in [-0.2, 0) is 15.6 Å². The summed E-state index contributed by atoms with van der Waals surface area (Å²) in [5.41, 5.74) is 1.35. The number of ether oxygens (including phenoxy) is 7. The number of benzene rings is 2. The van der Waals surface area contributed by atoms with Crippen molar-refractivity contribution in [2.75, 3.05) is 55.1 Å². The molecular formula is C30H34N2O10S. The van der Waals surface area contributed by atoms with Crippen molar-refractivity contribution in [2.45, 2.75) is 5.75 Å². The van der Waals surface area contributed by atoms with E-state index in [-0.39, 0.29) is 28.7 Å². The van der Waals surface area contributed by atoms with Gasteiger partial charge in [0.15, 0.2) is 15.6 Å². The van der Waals surface area contributed by atoms with Gasteiger partial charge < -0.3 is 38.5 Å². The third-order valence-electron chi connectivity index (χ3n) is 6.10. The molecule has 2 aromatic carbocycles. The Labute approximate surface area is 250 Å². The van der Waals surface area contributed by atoms with Gasteiger partial charge in [-0.15, -0.1) is 0 Å². The van der Waals surface area contributed by atoms with Crippen LogP contribution >= 0.6 is 0 Å². The summed E-state index contributed by atoms with van der Waals surface area (Å²) in [6.45, 7) is 0. The van der Waals surface area contributed by atoms with Gasteiger partial charge in [-0.25, -0.2) is 13.4 Å². The Morgan fingerprint density at radius 1 is 0.767 bits per heavy atom. The van der Waals surface area contributed by atoms with Crippen LogP contribution < -0.4 is 38.5 Å². The average molecular weight is 615 g/mol. The van der Waals surface area contributed by atoms with E-state index in [4.69, 9.17) is 33.2 Å². The van der Waals surface area contributed by atoms with Crippen molar-refractivity contribution in [3.8, 4) is 40.4 Å². The minimum Gasteiger partial charge on any atom is -0.496 e. The summed E-state index contributed by atoms with van der Waals surface area (Å²) in [5.74, 6) is 1.69. The number of carbonyl (C=O) groups is 1. The van der Waals surface area contributed by atoms with Crippen LogP contribution in [0.4, 0.5) is 5.69 Å². The summed E-state index contributed by atoms with van der Waals surface area (Å²) in [7, 11) is 6.44. The van der Waals surface area contributed by atoms with Crippen LogP contribution in [0.15, 0.2) is 54.2 Å². The van der Waals surface area contributed by atoms with Gasteiger partial charge in [-0.2, -0.15) is 0 Å². The molecule has 0 aliphatic carbocycles. The number of nitrogens with zero attached hydrogens (tertiary/aromatic N) is 1. The second kappa shape index (κ2) is 14.8. The number of nitrogens with one attached hydrogen (secondary N) is 1. The highest BCUT2D eigenvalue weighted by atomic mass is 32.2. The summed E-state index contributed by atoms with van der Waals surface area (Å²) in [6.07, 6.45) is 5.45. The number of sulfone groups is 1. The third kappa shape index (κ3) is 8.10. The SMILES string of the molecule is COc1cc(OC)c(C=CS(=O)(=O)Cc2cnc(OC)c(NC=CC(=O)c3c(OC)cc(OC)cc3OC)c2)c(OC)c1. The number of anilines is 1. The molecule has 12 nitrogen and oxygen atoms in total. The van der Waals surface area contributed by atoms with E-state index in [2.05, 4.69) is 10.3 Å². The van der Waals surface area contributed by atoms with Gasteiger partial charge in [-0.1, -0.05) is 0 Å². The lowest BCUT2D eigenvalue weighted by Crippen LogP contribution is -2.05. The van der Waals surface area contributed by atoms with Crippen molar-refractivity contribution in [2.24, 2.45) is 0 Å². The van der Waals surface area contributed by atoms with E-state index in [9.17, 15) is 13.2 Å². The molecule has 230 valence electrons. The van der Waals surface area contributed by atoms with Gasteiger partial charge in [0.1, 0.15) is 45.7 Å². The van der Waals surface area contributed by atoms with E-state index in [1.807, 2.05) is 0 Å². The van der Waals surface area contributed by atoms with Crippen LogP contribution in [0.25, 0.3) is 6.08 Å². The molecule has 13 heteroatoms. The van der Waals surface area contributed by atoms with Gasteiger partial charge in [0.2, 0.25) is 5.88 Å². The second-order valence-corrected chi connectivity index (χ2v) is 10.6. The summed E-state index contributed by atoms with van der Waals surface area (Å²) >= 11 is 0. The summed E-state index contributed by atoms with van der Waals surface area (Å²) in [6, 6.07) is 7.96. The molecule has 0 fully saturated rings. The molecule has 0 atom stereocenters. The first-order valence-corrected chi connectivity index (χ1v) is 14.4. The Morgan fingerprint density at radius 3 is 1.79 bits per heavy atom. The normalized spacial score (nSPS) is 11.3. The zero-order valence-corrected chi connectivity index (χ0v) is 25.7. The quantitative estimate of drug-likeness (QED) is 0.190. The van der Waals surface area contributed by atoms with E-state index in [0.29, 0.717) is 39.8 Å². The number of methoxy groups -OCH3 is 7. The van der Waals surface area contributed by atoms with Crippen molar-refractivity contribution in [3.63, 3.8) is 0 Å². The van der Waals surface area contributed by atoms with Crippen molar-refractivity contribution < 1.29 is 46.4 Å². The van der Waals surface area contributed by atoms with Crippen LogP contribution in [0.3, 0.4) is 0 Å². The van der Waals surface area contributed by atoms with Crippen LogP contribution in [0, 0.1) is 0 Å². The first-order valence-electron chi connectivity index (χ1n) is 12.6. The largest absolute Gasteiger partial charge is 0.496 e. The number of hydrogen-bond acceptors (Lipinski definition) is 12. The van der Waals surface area contributed by atoms with Gasteiger partial charge >= 0.3 is 0 Å². The molecular weight excluding hydrogens is 580 g/mol. The number of allylic oxidation sites excluding steroid dienone is 1. The summed E-state index contributed by atoms with van der Waals surface area (Å²) in [4.78, 5) is 17.2. The lowest BCUT2D eigenvalue weighted by atomic mass is 10.1. The van der Waals surface area contributed by atoms with E-state index >= 15 is 0 Å². The number of pyridine rings is 1. The maximum Gasteiger partial charge on any atom is 0.237 e. The van der Waals surface area contributed by atoms with Gasteiger partial charge in [0.05, 0.1) is 61.1 Å². The zero-order chi connectivity index (χ0) is 31.6. The van der Waals surface area contributed by atoms with Crippen molar-refractivity contribution in [3.05, 3.63) is 70.9 Å². The molecule has 0 unspecified atom stereocenters. The Kier molecular flexibility index (Phi) is 11.2. The van der Waals surface area contributed by atoms with E-state index in [1.165, 1.54) is 74.3 Å². The molecule has 0 radical (unpaired) electrons. The Morgan fingerprint density at radius 2 is 1.30 bits per heavy atom. The lowest BCUT2D eigenvalue weighted by Gasteiger charge is -2.13.